The summed E-state index contributed by atoms with van der Waals surface area (Å²) in [6.07, 6.45) is 3.57. The first-order valence-electron chi connectivity index (χ1n) is 8.49. The monoisotopic (exact) mass is 389 g/mol. The molecule has 1 fully saturated rings. The Bertz CT molecular complexity index is 811. The molecule has 1 aliphatic rings. The molecule has 1 aromatic heterocycles. The molecule has 148 valence electrons. The molecule has 3 rings (SSSR count). The number of amides is 1. The van der Waals surface area contributed by atoms with Gasteiger partial charge in [0.05, 0.1) is 5.56 Å². The van der Waals surface area contributed by atoms with Crippen molar-refractivity contribution in [1.82, 2.24) is 14.8 Å². The molecule has 0 bridgehead atoms. The van der Waals surface area contributed by atoms with E-state index in [2.05, 4.69) is 9.88 Å². The average molecular weight is 389 g/mol. The number of carboxylic acid groups (broad SMARTS) is 2. The van der Waals surface area contributed by atoms with E-state index in [0.717, 1.165) is 19.6 Å². The second kappa shape index (κ2) is 10.1. The number of rotatable bonds is 3. The van der Waals surface area contributed by atoms with Crippen molar-refractivity contribution in [3.63, 3.8) is 0 Å². The minimum Gasteiger partial charge on any atom is -0.473 e. The number of halogens is 1. The zero-order chi connectivity index (χ0) is 20.5. The van der Waals surface area contributed by atoms with Crippen LogP contribution >= 0.6 is 0 Å². The van der Waals surface area contributed by atoms with Gasteiger partial charge in [-0.15, -0.1) is 0 Å². The molecule has 2 N–H and O–H groups in total. The normalized spacial score (nSPS) is 14.0. The average Bonchev–Trinajstić information content (AvgIpc) is 2.70. The van der Waals surface area contributed by atoms with Crippen molar-refractivity contribution in [2.45, 2.75) is 6.54 Å². The number of benzene rings is 1. The van der Waals surface area contributed by atoms with Crippen LogP contribution in [0.5, 0.6) is 0 Å². The molecule has 9 heteroatoms. The van der Waals surface area contributed by atoms with E-state index in [9.17, 15) is 9.18 Å². The Labute approximate surface area is 160 Å². The predicted octanol–water partition coefficient (Wildman–Crippen LogP) is 1.33. The first-order valence-corrected chi connectivity index (χ1v) is 8.49. The van der Waals surface area contributed by atoms with E-state index in [1.807, 2.05) is 12.1 Å². The van der Waals surface area contributed by atoms with Gasteiger partial charge in [-0.05, 0) is 29.8 Å². The van der Waals surface area contributed by atoms with Crippen molar-refractivity contribution >= 4 is 17.8 Å². The lowest BCUT2D eigenvalue weighted by atomic mass is 10.1. The second-order valence-corrected chi connectivity index (χ2v) is 6.01. The van der Waals surface area contributed by atoms with Gasteiger partial charge in [-0.1, -0.05) is 12.1 Å². The third-order valence-electron chi connectivity index (χ3n) is 4.10. The Kier molecular flexibility index (Phi) is 7.58. The van der Waals surface area contributed by atoms with Gasteiger partial charge < -0.3 is 15.1 Å². The van der Waals surface area contributed by atoms with Gasteiger partial charge in [-0.3, -0.25) is 14.7 Å². The Hall–Kier alpha value is -3.33. The van der Waals surface area contributed by atoms with Crippen LogP contribution in [0.3, 0.4) is 0 Å². The maximum absolute atomic E-state index is 13.7. The van der Waals surface area contributed by atoms with Gasteiger partial charge in [-0.2, -0.15) is 0 Å². The van der Waals surface area contributed by atoms with Gasteiger partial charge in [0, 0.05) is 45.1 Å². The third kappa shape index (κ3) is 6.13. The highest BCUT2D eigenvalue weighted by atomic mass is 19.1. The molecule has 2 heterocycles. The molecular weight excluding hydrogens is 369 g/mol. The highest BCUT2D eigenvalue weighted by Crippen LogP contribution is 2.13. The Morgan fingerprint density at radius 2 is 1.50 bits per heavy atom. The van der Waals surface area contributed by atoms with Crippen LogP contribution in [-0.2, 0) is 16.1 Å². The number of carboxylic acids is 2. The molecule has 0 spiro atoms. The summed E-state index contributed by atoms with van der Waals surface area (Å²) in [6.45, 7) is 3.69. The van der Waals surface area contributed by atoms with Crippen LogP contribution in [0.25, 0.3) is 0 Å². The molecule has 0 atom stereocenters. The van der Waals surface area contributed by atoms with Crippen LogP contribution in [0, 0.1) is 5.82 Å². The van der Waals surface area contributed by atoms with E-state index in [0.29, 0.717) is 13.1 Å². The van der Waals surface area contributed by atoms with Gasteiger partial charge in [0.1, 0.15) is 5.82 Å². The van der Waals surface area contributed by atoms with Crippen molar-refractivity contribution in [1.29, 1.82) is 0 Å². The molecule has 2 aromatic rings. The smallest absolute Gasteiger partial charge is 0.414 e. The summed E-state index contributed by atoms with van der Waals surface area (Å²) in [5, 5.41) is 14.8. The summed E-state index contributed by atoms with van der Waals surface area (Å²) in [7, 11) is 0. The number of hydrogen-bond acceptors (Lipinski definition) is 5. The molecule has 8 nitrogen and oxygen atoms in total. The Balaban J connectivity index is 0.000000409. The fraction of sp³-hybridized carbons (Fsp3) is 0.263. The number of hydrogen-bond donors (Lipinski definition) is 2. The van der Waals surface area contributed by atoms with E-state index in [-0.39, 0.29) is 11.5 Å². The van der Waals surface area contributed by atoms with E-state index in [4.69, 9.17) is 19.8 Å². The lowest BCUT2D eigenvalue weighted by Crippen LogP contribution is -2.48. The number of aliphatic carboxylic acids is 2. The molecule has 1 saturated heterocycles. The summed E-state index contributed by atoms with van der Waals surface area (Å²) >= 11 is 0. The first-order chi connectivity index (χ1) is 13.4. The zero-order valence-electron chi connectivity index (χ0n) is 15.0. The summed E-state index contributed by atoms with van der Waals surface area (Å²) < 4.78 is 13.7. The molecule has 1 aromatic carbocycles. The van der Waals surface area contributed by atoms with Crippen LogP contribution in [0.1, 0.15) is 15.9 Å². The quantitative estimate of drug-likeness (QED) is 0.762. The highest BCUT2D eigenvalue weighted by Gasteiger charge is 2.23. The number of carbonyl (C=O) groups excluding carboxylic acids is 1. The van der Waals surface area contributed by atoms with Gasteiger partial charge in [0.15, 0.2) is 0 Å². The van der Waals surface area contributed by atoms with Gasteiger partial charge in [0.25, 0.3) is 5.91 Å². The number of pyridine rings is 1. The highest BCUT2D eigenvalue weighted by molar-refractivity contribution is 6.27. The fourth-order valence-corrected chi connectivity index (χ4v) is 2.66. The third-order valence-corrected chi connectivity index (χ3v) is 4.10. The molecule has 0 aliphatic carbocycles. The minimum absolute atomic E-state index is 0.157. The van der Waals surface area contributed by atoms with Crippen LogP contribution in [0.15, 0.2) is 48.8 Å². The Morgan fingerprint density at radius 3 is 2.04 bits per heavy atom. The molecule has 1 amide bonds. The molecule has 0 radical (unpaired) electrons. The maximum Gasteiger partial charge on any atom is 0.414 e. The number of nitrogens with zero attached hydrogens (tertiary/aromatic N) is 3. The van der Waals surface area contributed by atoms with Crippen molar-refractivity contribution < 1.29 is 29.0 Å². The van der Waals surface area contributed by atoms with E-state index in [1.54, 1.807) is 35.5 Å². The molecule has 0 saturated carbocycles. The van der Waals surface area contributed by atoms with E-state index >= 15 is 0 Å². The van der Waals surface area contributed by atoms with Crippen molar-refractivity contribution in [3.8, 4) is 0 Å². The second-order valence-electron chi connectivity index (χ2n) is 6.01. The lowest BCUT2D eigenvalue weighted by molar-refractivity contribution is -0.159. The zero-order valence-corrected chi connectivity index (χ0v) is 15.0. The predicted molar refractivity (Wildman–Crippen MR) is 97.1 cm³/mol. The van der Waals surface area contributed by atoms with Gasteiger partial charge in [-0.25, -0.2) is 14.0 Å². The molecular formula is C19H20FN3O5. The molecule has 1 aliphatic heterocycles. The summed E-state index contributed by atoms with van der Waals surface area (Å²) in [5.41, 5.74) is 1.37. The van der Waals surface area contributed by atoms with Crippen LogP contribution in [0.2, 0.25) is 0 Å². The number of carbonyl (C=O) groups is 3. The topological polar surface area (TPSA) is 111 Å². The lowest BCUT2D eigenvalue weighted by Gasteiger charge is -2.34. The fourth-order valence-electron chi connectivity index (χ4n) is 2.66. The van der Waals surface area contributed by atoms with E-state index < -0.39 is 17.8 Å². The molecule has 0 unspecified atom stereocenters. The number of aromatic nitrogens is 1. The van der Waals surface area contributed by atoms with Crippen molar-refractivity contribution in [2.75, 3.05) is 26.2 Å². The maximum atomic E-state index is 13.7. The largest absolute Gasteiger partial charge is 0.473 e. The SMILES string of the molecule is O=C(O)C(=O)O.O=C(c1ccccc1F)N1CCN(Cc2ccncc2)CC1. The van der Waals surface area contributed by atoms with Gasteiger partial charge in [0.2, 0.25) is 0 Å². The van der Waals surface area contributed by atoms with E-state index in [1.165, 1.54) is 11.6 Å². The Morgan fingerprint density at radius 1 is 0.929 bits per heavy atom. The summed E-state index contributed by atoms with van der Waals surface area (Å²) in [6, 6.07) is 10.1. The van der Waals surface area contributed by atoms with Crippen LogP contribution in [0.4, 0.5) is 4.39 Å². The number of piperazine rings is 1. The van der Waals surface area contributed by atoms with Crippen LogP contribution in [-0.4, -0.2) is 69.0 Å². The minimum atomic E-state index is -1.82. The standard InChI is InChI=1S/C17H18FN3O.C2H2O4/c18-16-4-2-1-3-15(16)17(22)21-11-9-20(10-12-21)13-14-5-7-19-8-6-14;3-1(4)2(5)6/h1-8H,9-13H2;(H,3,4)(H,5,6). The summed E-state index contributed by atoms with van der Waals surface area (Å²) in [4.78, 5) is 38.6. The van der Waals surface area contributed by atoms with Crippen molar-refractivity contribution in [3.05, 3.63) is 65.7 Å². The summed E-state index contributed by atoms with van der Waals surface area (Å²) in [5.74, 6) is -4.32. The first kappa shape index (κ1) is 21.0. The van der Waals surface area contributed by atoms with Crippen molar-refractivity contribution in [2.24, 2.45) is 0 Å². The molecule has 28 heavy (non-hydrogen) atoms. The van der Waals surface area contributed by atoms with Crippen LogP contribution < -0.4 is 0 Å². The van der Waals surface area contributed by atoms with Gasteiger partial charge >= 0.3 is 11.9 Å².